The van der Waals surface area contributed by atoms with Crippen LogP contribution in [-0.2, 0) is 9.59 Å². The Morgan fingerprint density at radius 1 is 1.54 bits per heavy atom. The fraction of sp³-hybridized carbons (Fsp3) is 0. The van der Waals surface area contributed by atoms with Crippen molar-refractivity contribution in [2.45, 2.75) is 0 Å². The number of aliphatic carboxylic acids is 1. The number of rotatable bonds is 3. The third kappa shape index (κ3) is 3.01. The maximum atomic E-state index is 10.6. The zero-order valence-corrected chi connectivity index (χ0v) is 7.93. The van der Waals surface area contributed by atoms with Crippen molar-refractivity contribution in [2.75, 3.05) is 0 Å². The Kier molecular flexibility index (Phi) is 3.22. The summed E-state index contributed by atoms with van der Waals surface area (Å²) in [6.45, 7) is 0. The maximum absolute atomic E-state index is 10.6. The van der Waals surface area contributed by atoms with Crippen LogP contribution in [0.5, 0.6) is 0 Å². The quantitative estimate of drug-likeness (QED) is 0.622. The lowest BCUT2D eigenvalue weighted by Gasteiger charge is -1.82. The number of hydrogen-bond donors (Lipinski definition) is 1. The molecule has 1 aromatic rings. The number of carbonyl (C=O) groups is 2. The molecule has 0 aliphatic heterocycles. The van der Waals surface area contributed by atoms with Crippen LogP contribution in [0, 0.1) is 0 Å². The van der Waals surface area contributed by atoms with Crippen molar-refractivity contribution in [1.29, 1.82) is 0 Å². The number of carbonyl (C=O) groups excluding carboxylic acids is 1. The Hall–Kier alpha value is -1.13. The summed E-state index contributed by atoms with van der Waals surface area (Å²) < 4.78 is 0. The molecule has 0 atom stereocenters. The van der Waals surface area contributed by atoms with E-state index in [-0.39, 0.29) is 0 Å². The predicted octanol–water partition coefficient (Wildman–Crippen LogP) is 2.07. The molecular weight excluding hydrogens is 212 g/mol. The monoisotopic (exact) mass is 216 g/mol. The summed E-state index contributed by atoms with van der Waals surface area (Å²) in [4.78, 5) is 21.5. The molecule has 0 aliphatic rings. The number of carboxylic acids is 1. The van der Waals surface area contributed by atoms with Crippen LogP contribution in [0.3, 0.4) is 0 Å². The lowest BCUT2D eigenvalue weighted by atomic mass is 10.3. The summed E-state index contributed by atoms with van der Waals surface area (Å²) in [7, 11) is 0. The number of halogens is 1. The average Bonchev–Trinajstić information content (AvgIpc) is 2.47. The van der Waals surface area contributed by atoms with Crippen LogP contribution in [0.25, 0.3) is 6.08 Å². The molecule has 0 unspecified atom stereocenters. The third-order valence-electron chi connectivity index (χ3n) is 1.20. The van der Waals surface area contributed by atoms with Crippen LogP contribution in [0.1, 0.15) is 4.88 Å². The highest BCUT2D eigenvalue weighted by molar-refractivity contribution is 7.11. The molecule has 1 N–H and O–H groups in total. The van der Waals surface area contributed by atoms with Crippen LogP contribution < -0.4 is 0 Å². The number of thiophene rings is 1. The van der Waals surface area contributed by atoms with Gasteiger partial charge in [0.15, 0.2) is 0 Å². The van der Waals surface area contributed by atoms with Crippen LogP contribution in [-0.4, -0.2) is 16.9 Å². The molecule has 0 saturated carbocycles. The molecule has 5 heteroatoms. The van der Waals surface area contributed by atoms with Crippen LogP contribution in [0.4, 0.5) is 0 Å². The molecule has 0 spiro atoms. The van der Waals surface area contributed by atoms with Gasteiger partial charge < -0.3 is 5.11 Å². The van der Waals surface area contributed by atoms with E-state index in [2.05, 4.69) is 0 Å². The molecule has 68 valence electrons. The van der Waals surface area contributed by atoms with E-state index < -0.39 is 11.8 Å². The van der Waals surface area contributed by atoms with E-state index in [1.54, 1.807) is 11.4 Å². The third-order valence-corrected chi connectivity index (χ3v) is 2.44. The van der Waals surface area contributed by atoms with Crippen molar-refractivity contribution in [3.05, 3.63) is 27.4 Å². The first-order valence-corrected chi connectivity index (χ1v) is 4.54. The normalized spacial score (nSPS) is 10.5. The first kappa shape index (κ1) is 9.95. The highest BCUT2D eigenvalue weighted by Crippen LogP contribution is 2.19. The van der Waals surface area contributed by atoms with Gasteiger partial charge in [-0.05, 0) is 18.2 Å². The molecule has 0 amide bonds. The first-order valence-electron chi connectivity index (χ1n) is 3.29. The van der Waals surface area contributed by atoms with Crippen LogP contribution in [0.2, 0.25) is 5.02 Å². The van der Waals surface area contributed by atoms with Gasteiger partial charge in [-0.2, -0.15) is 0 Å². The molecule has 0 aromatic carbocycles. The molecule has 0 aliphatic carbocycles. The summed E-state index contributed by atoms with van der Waals surface area (Å²) in [5.74, 6) is -2.40. The van der Waals surface area contributed by atoms with Gasteiger partial charge in [0.2, 0.25) is 0 Å². The van der Waals surface area contributed by atoms with Crippen molar-refractivity contribution in [3.8, 4) is 0 Å². The molecule has 13 heavy (non-hydrogen) atoms. The molecule has 1 rings (SSSR count). The van der Waals surface area contributed by atoms with Crippen molar-refractivity contribution in [2.24, 2.45) is 0 Å². The second kappa shape index (κ2) is 4.20. The van der Waals surface area contributed by atoms with Crippen molar-refractivity contribution in [3.63, 3.8) is 0 Å². The molecule has 1 heterocycles. The van der Waals surface area contributed by atoms with Gasteiger partial charge in [-0.3, -0.25) is 4.79 Å². The summed E-state index contributed by atoms with van der Waals surface area (Å²) >= 11 is 6.95. The fourth-order valence-corrected chi connectivity index (χ4v) is 1.62. The molecular formula is C8H5ClO3S. The van der Waals surface area contributed by atoms with E-state index in [0.29, 0.717) is 5.02 Å². The molecule has 0 radical (unpaired) electrons. The average molecular weight is 217 g/mol. The van der Waals surface area contributed by atoms with Crippen molar-refractivity contribution < 1.29 is 14.7 Å². The second-order valence-electron chi connectivity index (χ2n) is 2.17. The number of ketones is 1. The van der Waals surface area contributed by atoms with Crippen molar-refractivity contribution in [1.82, 2.24) is 0 Å². The zero-order chi connectivity index (χ0) is 9.84. The molecule has 3 nitrogen and oxygen atoms in total. The summed E-state index contributed by atoms with van der Waals surface area (Å²) in [6, 6.07) is 1.65. The van der Waals surface area contributed by atoms with E-state index in [4.69, 9.17) is 16.7 Å². The van der Waals surface area contributed by atoms with E-state index in [9.17, 15) is 9.59 Å². The second-order valence-corrected chi connectivity index (χ2v) is 3.55. The summed E-state index contributed by atoms with van der Waals surface area (Å²) in [5, 5.41) is 10.5. The minimum Gasteiger partial charge on any atom is -0.475 e. The van der Waals surface area contributed by atoms with Crippen LogP contribution >= 0.6 is 22.9 Å². The molecule has 0 saturated heterocycles. The zero-order valence-electron chi connectivity index (χ0n) is 6.36. The lowest BCUT2D eigenvalue weighted by molar-refractivity contribution is -0.146. The highest BCUT2D eigenvalue weighted by Gasteiger charge is 2.05. The fourth-order valence-electron chi connectivity index (χ4n) is 0.645. The summed E-state index contributed by atoms with van der Waals surface area (Å²) in [6.07, 6.45) is 2.43. The van der Waals surface area contributed by atoms with Crippen molar-refractivity contribution >= 4 is 40.8 Å². The van der Waals surface area contributed by atoms with Gasteiger partial charge in [0, 0.05) is 10.3 Å². The Bertz CT molecular complexity index is 367. The van der Waals surface area contributed by atoms with Gasteiger partial charge in [-0.15, -0.1) is 11.3 Å². The van der Waals surface area contributed by atoms with Gasteiger partial charge in [-0.1, -0.05) is 11.6 Å². The van der Waals surface area contributed by atoms with E-state index in [1.165, 1.54) is 17.4 Å². The van der Waals surface area contributed by atoms with Gasteiger partial charge in [0.1, 0.15) is 0 Å². The summed E-state index contributed by atoms with van der Waals surface area (Å²) in [5.41, 5.74) is 0. The van der Waals surface area contributed by atoms with E-state index >= 15 is 0 Å². The van der Waals surface area contributed by atoms with Gasteiger partial charge in [0.25, 0.3) is 5.78 Å². The Balaban J connectivity index is 2.69. The minimum absolute atomic E-state index is 0.576. The number of hydrogen-bond acceptors (Lipinski definition) is 3. The predicted molar refractivity (Wildman–Crippen MR) is 51.0 cm³/mol. The van der Waals surface area contributed by atoms with Crippen LogP contribution in [0.15, 0.2) is 17.5 Å². The van der Waals surface area contributed by atoms with E-state index in [1.807, 2.05) is 0 Å². The van der Waals surface area contributed by atoms with Gasteiger partial charge in [0.05, 0.1) is 5.02 Å². The Morgan fingerprint density at radius 2 is 2.23 bits per heavy atom. The smallest absolute Gasteiger partial charge is 0.376 e. The first-order chi connectivity index (χ1) is 6.09. The van der Waals surface area contributed by atoms with E-state index in [0.717, 1.165) is 11.0 Å². The number of carboxylic acid groups (broad SMARTS) is 1. The lowest BCUT2D eigenvalue weighted by Crippen LogP contribution is -2.08. The molecule has 0 bridgehead atoms. The standard InChI is InChI=1S/C8H5ClO3S/c9-5-3-6(13-4-5)1-2-7(10)8(11)12/h1-4H,(H,11,12)/b2-1+. The minimum atomic E-state index is -1.46. The topological polar surface area (TPSA) is 54.4 Å². The van der Waals surface area contributed by atoms with Gasteiger partial charge in [-0.25, -0.2) is 4.79 Å². The molecule has 1 aromatic heterocycles. The SMILES string of the molecule is O=C(O)C(=O)/C=C/c1cc(Cl)cs1. The molecule has 0 fully saturated rings. The highest BCUT2D eigenvalue weighted by atomic mass is 35.5. The van der Waals surface area contributed by atoms with Gasteiger partial charge >= 0.3 is 5.97 Å². The Morgan fingerprint density at radius 3 is 2.69 bits per heavy atom. The Labute approximate surface area is 83.3 Å². The largest absolute Gasteiger partial charge is 0.475 e. The maximum Gasteiger partial charge on any atom is 0.376 e.